The van der Waals surface area contributed by atoms with Crippen LogP contribution in [0.15, 0.2) is 71.3 Å². The molecule has 0 fully saturated rings. The van der Waals surface area contributed by atoms with Crippen molar-refractivity contribution in [3.8, 4) is 5.75 Å². The number of ketones is 2. The minimum absolute atomic E-state index is 0.0778. The highest BCUT2D eigenvalue weighted by Crippen LogP contribution is 2.37. The largest absolute Gasteiger partial charge is 0.492 e. The van der Waals surface area contributed by atoms with Crippen LogP contribution >= 0.6 is 0 Å². The highest BCUT2D eigenvalue weighted by Gasteiger charge is 2.25. The smallest absolute Gasteiger partial charge is 0.163 e. The molecule has 3 nitrogen and oxygen atoms in total. The molecule has 0 aromatic heterocycles. The van der Waals surface area contributed by atoms with Gasteiger partial charge in [-0.15, -0.1) is 0 Å². The van der Waals surface area contributed by atoms with Crippen molar-refractivity contribution in [2.24, 2.45) is 0 Å². The van der Waals surface area contributed by atoms with Gasteiger partial charge in [0.05, 0.1) is 6.61 Å². The summed E-state index contributed by atoms with van der Waals surface area (Å²) in [5.74, 6) is 1.38. The zero-order valence-electron chi connectivity index (χ0n) is 16.3. The summed E-state index contributed by atoms with van der Waals surface area (Å²) < 4.78 is 5.77. The third-order valence-corrected chi connectivity index (χ3v) is 5.65. The van der Waals surface area contributed by atoms with E-state index in [1.54, 1.807) is 0 Å². The molecule has 28 heavy (non-hydrogen) atoms. The fraction of sp³-hybridized carbons (Fsp3) is 0.280. The molecular weight excluding hydrogens is 348 g/mol. The van der Waals surface area contributed by atoms with E-state index < -0.39 is 0 Å². The fourth-order valence-corrected chi connectivity index (χ4v) is 4.15. The van der Waals surface area contributed by atoms with Crippen LogP contribution in [0, 0.1) is 0 Å². The summed E-state index contributed by atoms with van der Waals surface area (Å²) in [4.78, 5) is 24.9. The van der Waals surface area contributed by atoms with Crippen molar-refractivity contribution in [3.63, 3.8) is 0 Å². The first-order chi connectivity index (χ1) is 13.5. The number of hydrogen-bond acceptors (Lipinski definition) is 3. The molecule has 2 aliphatic rings. The van der Waals surface area contributed by atoms with Crippen molar-refractivity contribution < 1.29 is 14.3 Å². The number of carbonyl (C=O) groups excluding carboxylic acids is 2. The minimum Gasteiger partial charge on any atom is -0.492 e. The molecule has 0 amide bonds. The van der Waals surface area contributed by atoms with Crippen molar-refractivity contribution in [1.82, 2.24) is 0 Å². The van der Waals surface area contributed by atoms with Crippen molar-refractivity contribution in [1.29, 1.82) is 0 Å². The molecule has 0 bridgehead atoms. The van der Waals surface area contributed by atoms with Crippen LogP contribution in [0.5, 0.6) is 5.75 Å². The first kappa shape index (κ1) is 18.4. The topological polar surface area (TPSA) is 43.4 Å². The second-order valence-electron chi connectivity index (χ2n) is 7.70. The van der Waals surface area contributed by atoms with Gasteiger partial charge in [-0.2, -0.15) is 0 Å². The molecule has 0 saturated heterocycles. The molecule has 1 aliphatic heterocycles. The first-order valence-corrected chi connectivity index (χ1v) is 9.78. The minimum atomic E-state index is 0.0778. The number of carbonyl (C=O) groups is 2. The van der Waals surface area contributed by atoms with Gasteiger partial charge < -0.3 is 4.74 Å². The molecule has 2 aromatic carbocycles. The van der Waals surface area contributed by atoms with E-state index in [4.69, 9.17) is 4.74 Å². The molecule has 1 atom stereocenters. The van der Waals surface area contributed by atoms with Crippen LogP contribution in [0.2, 0.25) is 0 Å². The lowest BCUT2D eigenvalue weighted by Crippen LogP contribution is -2.11. The average molecular weight is 372 g/mol. The lowest BCUT2D eigenvalue weighted by atomic mass is 9.88. The Labute approximate surface area is 165 Å². The van der Waals surface area contributed by atoms with Gasteiger partial charge in [-0.05, 0) is 43.0 Å². The molecule has 1 unspecified atom stereocenters. The Balaban J connectivity index is 1.44. The van der Waals surface area contributed by atoms with Crippen LogP contribution in [-0.2, 0) is 4.79 Å². The Hall–Kier alpha value is -2.94. The van der Waals surface area contributed by atoms with Crippen molar-refractivity contribution in [2.45, 2.75) is 39.0 Å². The van der Waals surface area contributed by atoms with Crippen molar-refractivity contribution in [3.05, 3.63) is 88.0 Å². The Morgan fingerprint density at radius 2 is 1.82 bits per heavy atom. The summed E-state index contributed by atoms with van der Waals surface area (Å²) in [6.07, 6.45) is 3.40. The number of allylic oxidation sites excluding steroid dienone is 4. The molecular formula is C25H24O3. The monoisotopic (exact) mass is 372 g/mol. The highest BCUT2D eigenvalue weighted by molar-refractivity contribution is 6.01. The summed E-state index contributed by atoms with van der Waals surface area (Å²) >= 11 is 0. The van der Waals surface area contributed by atoms with Gasteiger partial charge in [0.1, 0.15) is 5.75 Å². The van der Waals surface area contributed by atoms with E-state index >= 15 is 0 Å². The maximum absolute atomic E-state index is 12.6. The molecule has 0 N–H and O–H groups in total. The Bertz CT molecular complexity index is 993. The zero-order chi connectivity index (χ0) is 19.7. The van der Waals surface area contributed by atoms with Gasteiger partial charge in [-0.3, -0.25) is 9.59 Å². The van der Waals surface area contributed by atoms with E-state index in [1.165, 1.54) is 5.56 Å². The van der Waals surface area contributed by atoms with Gasteiger partial charge in [0.15, 0.2) is 11.6 Å². The SMILES string of the molecule is CC1=CC(C)=C(CCC(=O)c2ccc(C3COc4ccccc43)cc2)C(=O)C1. The average Bonchev–Trinajstić information content (AvgIpc) is 3.11. The lowest BCUT2D eigenvalue weighted by molar-refractivity contribution is -0.115. The number of benzene rings is 2. The molecule has 1 aliphatic carbocycles. The van der Waals surface area contributed by atoms with Crippen LogP contribution in [0.4, 0.5) is 0 Å². The Morgan fingerprint density at radius 1 is 1.07 bits per heavy atom. The molecule has 2 aromatic rings. The second-order valence-corrected chi connectivity index (χ2v) is 7.70. The van der Waals surface area contributed by atoms with Crippen molar-refractivity contribution in [2.75, 3.05) is 6.61 Å². The lowest BCUT2D eigenvalue weighted by Gasteiger charge is -2.15. The molecule has 0 saturated carbocycles. The summed E-state index contributed by atoms with van der Waals surface area (Å²) in [6, 6.07) is 15.9. The van der Waals surface area contributed by atoms with E-state index in [0.29, 0.717) is 31.4 Å². The first-order valence-electron chi connectivity index (χ1n) is 9.78. The molecule has 3 heteroatoms. The third-order valence-electron chi connectivity index (χ3n) is 5.65. The van der Waals surface area contributed by atoms with Gasteiger partial charge in [0.2, 0.25) is 0 Å². The predicted octanol–water partition coefficient (Wildman–Crippen LogP) is 5.41. The maximum atomic E-state index is 12.6. The van der Waals surface area contributed by atoms with E-state index in [9.17, 15) is 9.59 Å². The van der Waals surface area contributed by atoms with E-state index in [1.807, 2.05) is 56.3 Å². The number of fused-ring (bicyclic) bond motifs is 1. The fourth-order valence-electron chi connectivity index (χ4n) is 4.15. The normalized spacial score (nSPS) is 18.6. The van der Waals surface area contributed by atoms with Crippen LogP contribution in [0.1, 0.15) is 60.5 Å². The third kappa shape index (κ3) is 3.57. The maximum Gasteiger partial charge on any atom is 0.163 e. The number of ether oxygens (including phenoxy) is 1. The molecule has 0 radical (unpaired) electrons. The van der Waals surface area contributed by atoms with Gasteiger partial charge in [0, 0.05) is 29.9 Å². The van der Waals surface area contributed by atoms with Crippen LogP contribution < -0.4 is 4.74 Å². The number of para-hydroxylation sites is 1. The Kier molecular flexibility index (Phi) is 4.99. The number of hydrogen-bond donors (Lipinski definition) is 0. The van der Waals surface area contributed by atoms with Gasteiger partial charge in [0.25, 0.3) is 0 Å². The van der Waals surface area contributed by atoms with E-state index in [-0.39, 0.29) is 17.5 Å². The van der Waals surface area contributed by atoms with E-state index in [2.05, 4.69) is 12.1 Å². The molecule has 142 valence electrons. The summed E-state index contributed by atoms with van der Waals surface area (Å²) in [6.45, 7) is 4.56. The second kappa shape index (κ2) is 7.59. The van der Waals surface area contributed by atoms with Crippen LogP contribution in [-0.4, -0.2) is 18.2 Å². The van der Waals surface area contributed by atoms with Crippen LogP contribution in [0.25, 0.3) is 0 Å². The van der Waals surface area contributed by atoms with Crippen molar-refractivity contribution >= 4 is 11.6 Å². The summed E-state index contributed by atoms with van der Waals surface area (Å²) in [7, 11) is 0. The number of rotatable bonds is 5. The summed E-state index contributed by atoms with van der Waals surface area (Å²) in [5, 5.41) is 0. The number of Topliss-reactive ketones (excluding diaryl/α,β-unsaturated/α-hetero) is 2. The van der Waals surface area contributed by atoms with Gasteiger partial charge >= 0.3 is 0 Å². The summed E-state index contributed by atoms with van der Waals surface area (Å²) in [5.41, 5.74) is 5.94. The van der Waals surface area contributed by atoms with Crippen LogP contribution in [0.3, 0.4) is 0 Å². The highest BCUT2D eigenvalue weighted by atomic mass is 16.5. The zero-order valence-corrected chi connectivity index (χ0v) is 16.3. The van der Waals surface area contributed by atoms with E-state index in [0.717, 1.165) is 28.0 Å². The Morgan fingerprint density at radius 3 is 2.57 bits per heavy atom. The van der Waals surface area contributed by atoms with Gasteiger partial charge in [-0.1, -0.05) is 54.1 Å². The predicted molar refractivity (Wildman–Crippen MR) is 110 cm³/mol. The molecule has 0 spiro atoms. The molecule has 1 heterocycles. The molecule has 4 rings (SSSR count). The standard InChI is InChI=1S/C25H24O3/c1-16-13-17(2)20(24(27)14-16)11-12-23(26)19-9-7-18(8-10-19)22-15-28-25-6-4-3-5-21(22)25/h3-10,13,22H,11-12,14-15H2,1-2H3. The van der Waals surface area contributed by atoms with Gasteiger partial charge in [-0.25, -0.2) is 0 Å². The quantitative estimate of drug-likeness (QED) is 0.659.